The monoisotopic (exact) mass is 243 g/mol. The SMILES string of the molecule is CCC1=C(C(=O)NC(C)C)C(=O)c2ccccc21. The summed E-state index contributed by atoms with van der Waals surface area (Å²) in [5, 5.41) is 2.80. The Balaban J connectivity index is 2.47. The van der Waals surface area contributed by atoms with Gasteiger partial charge in [-0.2, -0.15) is 0 Å². The van der Waals surface area contributed by atoms with Gasteiger partial charge in [0.05, 0.1) is 5.57 Å². The van der Waals surface area contributed by atoms with Crippen molar-refractivity contribution in [2.24, 2.45) is 0 Å². The molecule has 1 N–H and O–H groups in total. The van der Waals surface area contributed by atoms with Crippen molar-refractivity contribution in [1.82, 2.24) is 5.32 Å². The number of allylic oxidation sites excluding steroid dienone is 1. The van der Waals surface area contributed by atoms with Gasteiger partial charge in [0.1, 0.15) is 0 Å². The molecule has 0 radical (unpaired) electrons. The Kier molecular flexibility index (Phi) is 3.32. The van der Waals surface area contributed by atoms with E-state index < -0.39 is 0 Å². The molecule has 0 saturated heterocycles. The van der Waals surface area contributed by atoms with Gasteiger partial charge >= 0.3 is 0 Å². The summed E-state index contributed by atoms with van der Waals surface area (Å²) in [7, 11) is 0. The predicted molar refractivity (Wildman–Crippen MR) is 71.3 cm³/mol. The summed E-state index contributed by atoms with van der Waals surface area (Å²) in [6.45, 7) is 5.74. The second-order valence-corrected chi connectivity index (χ2v) is 4.71. The van der Waals surface area contributed by atoms with Gasteiger partial charge in [-0.05, 0) is 31.4 Å². The maximum atomic E-state index is 12.3. The van der Waals surface area contributed by atoms with Gasteiger partial charge in [0, 0.05) is 11.6 Å². The van der Waals surface area contributed by atoms with Crippen molar-refractivity contribution in [1.29, 1.82) is 0 Å². The fourth-order valence-corrected chi connectivity index (χ4v) is 2.29. The van der Waals surface area contributed by atoms with E-state index in [0.717, 1.165) is 11.1 Å². The van der Waals surface area contributed by atoms with Gasteiger partial charge in [0.2, 0.25) is 0 Å². The van der Waals surface area contributed by atoms with Crippen LogP contribution in [0.3, 0.4) is 0 Å². The summed E-state index contributed by atoms with van der Waals surface area (Å²) in [6, 6.07) is 7.43. The molecule has 0 heterocycles. The maximum Gasteiger partial charge on any atom is 0.255 e. The topological polar surface area (TPSA) is 46.2 Å². The number of nitrogens with one attached hydrogen (secondary N) is 1. The van der Waals surface area contributed by atoms with Gasteiger partial charge in [0.15, 0.2) is 5.78 Å². The first-order valence-corrected chi connectivity index (χ1v) is 6.24. The number of carbonyl (C=O) groups excluding carboxylic acids is 2. The number of hydrogen-bond acceptors (Lipinski definition) is 2. The minimum Gasteiger partial charge on any atom is -0.350 e. The van der Waals surface area contributed by atoms with E-state index in [0.29, 0.717) is 17.6 Å². The van der Waals surface area contributed by atoms with Crippen molar-refractivity contribution >= 4 is 17.3 Å². The van der Waals surface area contributed by atoms with Crippen LogP contribution < -0.4 is 5.32 Å². The molecule has 1 aromatic rings. The Morgan fingerprint density at radius 1 is 1.22 bits per heavy atom. The van der Waals surface area contributed by atoms with E-state index >= 15 is 0 Å². The molecule has 2 rings (SSSR count). The highest BCUT2D eigenvalue weighted by Gasteiger charge is 2.32. The number of rotatable bonds is 3. The normalized spacial score (nSPS) is 14.1. The minimum absolute atomic E-state index is 0.0274. The zero-order valence-corrected chi connectivity index (χ0v) is 10.9. The summed E-state index contributed by atoms with van der Waals surface area (Å²) >= 11 is 0. The van der Waals surface area contributed by atoms with Gasteiger partial charge in [0.25, 0.3) is 5.91 Å². The summed E-state index contributed by atoms with van der Waals surface area (Å²) in [4.78, 5) is 24.4. The van der Waals surface area contributed by atoms with Crippen LogP contribution in [0, 0.1) is 0 Å². The highest BCUT2D eigenvalue weighted by atomic mass is 16.2. The molecular formula is C15H17NO2. The van der Waals surface area contributed by atoms with Crippen molar-refractivity contribution < 1.29 is 9.59 Å². The van der Waals surface area contributed by atoms with E-state index in [-0.39, 0.29) is 17.7 Å². The Hall–Kier alpha value is -1.90. The van der Waals surface area contributed by atoms with Crippen LogP contribution in [0.15, 0.2) is 29.8 Å². The van der Waals surface area contributed by atoms with Crippen LogP contribution in [0.1, 0.15) is 43.1 Å². The highest BCUT2D eigenvalue weighted by molar-refractivity contribution is 6.34. The maximum absolute atomic E-state index is 12.3. The first-order valence-electron chi connectivity index (χ1n) is 6.24. The molecule has 0 aromatic heterocycles. The van der Waals surface area contributed by atoms with Crippen LogP contribution >= 0.6 is 0 Å². The predicted octanol–water partition coefficient (Wildman–Crippen LogP) is 2.57. The van der Waals surface area contributed by atoms with E-state index in [2.05, 4.69) is 5.32 Å². The molecular weight excluding hydrogens is 226 g/mol. The number of hydrogen-bond donors (Lipinski definition) is 1. The average molecular weight is 243 g/mol. The lowest BCUT2D eigenvalue weighted by Gasteiger charge is -2.09. The molecule has 1 amide bonds. The van der Waals surface area contributed by atoms with E-state index in [1.807, 2.05) is 39.0 Å². The second kappa shape index (κ2) is 4.77. The van der Waals surface area contributed by atoms with Crippen LogP contribution in [-0.2, 0) is 4.79 Å². The van der Waals surface area contributed by atoms with Crippen molar-refractivity contribution in [2.45, 2.75) is 33.2 Å². The molecule has 3 nitrogen and oxygen atoms in total. The fourth-order valence-electron chi connectivity index (χ4n) is 2.29. The third-order valence-electron chi connectivity index (χ3n) is 3.03. The molecule has 0 saturated carbocycles. The summed E-state index contributed by atoms with van der Waals surface area (Å²) in [5.74, 6) is -0.413. The lowest BCUT2D eigenvalue weighted by Crippen LogP contribution is -2.33. The third-order valence-corrected chi connectivity index (χ3v) is 3.03. The number of carbonyl (C=O) groups is 2. The number of ketones is 1. The molecule has 94 valence electrons. The smallest absolute Gasteiger partial charge is 0.255 e. The Morgan fingerprint density at radius 3 is 2.39 bits per heavy atom. The molecule has 0 unspecified atom stereocenters. The zero-order chi connectivity index (χ0) is 13.3. The van der Waals surface area contributed by atoms with Crippen molar-refractivity contribution in [3.8, 4) is 0 Å². The van der Waals surface area contributed by atoms with Crippen LogP contribution in [-0.4, -0.2) is 17.7 Å². The molecule has 0 spiro atoms. The average Bonchev–Trinajstić information content (AvgIpc) is 2.62. The Labute approximate surface area is 107 Å². The van der Waals surface area contributed by atoms with Crippen molar-refractivity contribution in [3.05, 3.63) is 41.0 Å². The highest BCUT2D eigenvalue weighted by Crippen LogP contribution is 2.34. The van der Waals surface area contributed by atoms with E-state index in [1.54, 1.807) is 6.07 Å². The lowest BCUT2D eigenvalue weighted by molar-refractivity contribution is -0.117. The van der Waals surface area contributed by atoms with Crippen molar-refractivity contribution in [2.75, 3.05) is 0 Å². The largest absolute Gasteiger partial charge is 0.350 e. The molecule has 1 aliphatic carbocycles. The molecule has 3 heteroatoms. The number of Topliss-reactive ketones (excluding diaryl/α,β-unsaturated/α-hetero) is 1. The van der Waals surface area contributed by atoms with E-state index in [1.165, 1.54) is 0 Å². The molecule has 1 aromatic carbocycles. The van der Waals surface area contributed by atoms with Crippen LogP contribution in [0.4, 0.5) is 0 Å². The Morgan fingerprint density at radius 2 is 1.83 bits per heavy atom. The first kappa shape index (κ1) is 12.6. The molecule has 0 bridgehead atoms. The summed E-state index contributed by atoms with van der Waals surface area (Å²) in [6.07, 6.45) is 0.684. The van der Waals surface area contributed by atoms with Gasteiger partial charge in [-0.1, -0.05) is 31.2 Å². The van der Waals surface area contributed by atoms with Crippen LogP contribution in [0.2, 0.25) is 0 Å². The molecule has 1 aliphatic rings. The van der Waals surface area contributed by atoms with Crippen LogP contribution in [0.5, 0.6) is 0 Å². The standard InChI is InChI=1S/C15H17NO2/c1-4-10-11-7-5-6-8-12(11)14(17)13(10)15(18)16-9(2)3/h5-9H,4H2,1-3H3,(H,16,18). The molecule has 18 heavy (non-hydrogen) atoms. The van der Waals surface area contributed by atoms with Crippen LogP contribution in [0.25, 0.3) is 5.57 Å². The Bertz CT molecular complexity index is 541. The first-order chi connectivity index (χ1) is 8.56. The van der Waals surface area contributed by atoms with Gasteiger partial charge in [-0.15, -0.1) is 0 Å². The second-order valence-electron chi connectivity index (χ2n) is 4.71. The van der Waals surface area contributed by atoms with E-state index in [9.17, 15) is 9.59 Å². The summed E-state index contributed by atoms with van der Waals surface area (Å²) < 4.78 is 0. The van der Waals surface area contributed by atoms with Gasteiger partial charge in [-0.3, -0.25) is 9.59 Å². The van der Waals surface area contributed by atoms with Crippen molar-refractivity contribution in [3.63, 3.8) is 0 Å². The number of amides is 1. The minimum atomic E-state index is -0.261. The molecule has 0 aliphatic heterocycles. The molecule has 0 atom stereocenters. The zero-order valence-electron chi connectivity index (χ0n) is 10.9. The fraction of sp³-hybridized carbons (Fsp3) is 0.333. The molecule has 0 fully saturated rings. The lowest BCUT2D eigenvalue weighted by atomic mass is 10.0. The van der Waals surface area contributed by atoms with E-state index in [4.69, 9.17) is 0 Å². The number of benzene rings is 1. The number of fused-ring (bicyclic) bond motifs is 1. The third kappa shape index (κ3) is 1.96. The van der Waals surface area contributed by atoms with Gasteiger partial charge < -0.3 is 5.32 Å². The summed E-state index contributed by atoms with van der Waals surface area (Å²) in [5.41, 5.74) is 2.71. The van der Waals surface area contributed by atoms with Gasteiger partial charge in [-0.25, -0.2) is 0 Å². The quantitative estimate of drug-likeness (QED) is 0.829.